The molecule has 4 nitrogen and oxygen atoms in total. The Labute approximate surface area is 121 Å². The highest BCUT2D eigenvalue weighted by Crippen LogP contribution is 2.20. The van der Waals surface area contributed by atoms with Gasteiger partial charge >= 0.3 is 5.97 Å². The summed E-state index contributed by atoms with van der Waals surface area (Å²) in [5.74, 6) is -2.77. The van der Waals surface area contributed by atoms with Gasteiger partial charge in [0.25, 0.3) is 0 Å². The van der Waals surface area contributed by atoms with E-state index in [4.69, 9.17) is 5.11 Å². The van der Waals surface area contributed by atoms with E-state index in [1.807, 2.05) is 0 Å². The molecule has 1 heterocycles. The molecule has 1 N–H and O–H groups in total. The molecule has 1 atom stereocenters. The van der Waals surface area contributed by atoms with E-state index in [2.05, 4.69) is 0 Å². The summed E-state index contributed by atoms with van der Waals surface area (Å²) in [6, 6.07) is 2.73. The fourth-order valence-corrected chi connectivity index (χ4v) is 2.63. The Balaban J connectivity index is 2.02. The van der Waals surface area contributed by atoms with Gasteiger partial charge in [-0.15, -0.1) is 0 Å². The Kier molecular flexibility index (Phi) is 4.88. The summed E-state index contributed by atoms with van der Waals surface area (Å²) in [5, 5.41) is 9.12. The van der Waals surface area contributed by atoms with Crippen LogP contribution in [0.5, 0.6) is 0 Å². The fraction of sp³-hybridized carbons (Fsp3) is 0.467. The highest BCUT2D eigenvalue weighted by atomic mass is 19.1. The zero-order valence-electron chi connectivity index (χ0n) is 11.5. The molecule has 1 aromatic carbocycles. The van der Waals surface area contributed by atoms with Gasteiger partial charge in [0.2, 0.25) is 5.91 Å². The molecule has 0 saturated carbocycles. The maximum absolute atomic E-state index is 13.5. The topological polar surface area (TPSA) is 57.6 Å². The fourth-order valence-electron chi connectivity index (χ4n) is 2.63. The number of halogens is 2. The van der Waals surface area contributed by atoms with Crippen molar-refractivity contribution in [2.24, 2.45) is 0 Å². The summed E-state index contributed by atoms with van der Waals surface area (Å²) in [5.41, 5.74) is -0.130. The zero-order chi connectivity index (χ0) is 15.4. The first-order valence-electron chi connectivity index (χ1n) is 6.96. The monoisotopic (exact) mass is 297 g/mol. The Morgan fingerprint density at radius 1 is 1.24 bits per heavy atom. The molecule has 0 radical (unpaired) electrons. The van der Waals surface area contributed by atoms with Gasteiger partial charge < -0.3 is 10.0 Å². The van der Waals surface area contributed by atoms with Gasteiger partial charge in [-0.3, -0.25) is 4.79 Å². The van der Waals surface area contributed by atoms with Crippen molar-refractivity contribution >= 4 is 11.9 Å². The first-order chi connectivity index (χ1) is 10.0. The molecule has 1 aromatic rings. The van der Waals surface area contributed by atoms with Gasteiger partial charge in [0.1, 0.15) is 17.7 Å². The lowest BCUT2D eigenvalue weighted by Gasteiger charge is -2.33. The molecule has 1 saturated heterocycles. The largest absolute Gasteiger partial charge is 0.480 e. The maximum atomic E-state index is 13.5. The normalized spacial score (nSPS) is 18.6. The van der Waals surface area contributed by atoms with Gasteiger partial charge in [0.15, 0.2) is 0 Å². The molecule has 0 aromatic heterocycles. The van der Waals surface area contributed by atoms with Crippen LogP contribution in [0.15, 0.2) is 18.2 Å². The SMILES string of the molecule is O=C(O)[C@@H]1CCCCN1C(=O)CCc1c(F)cccc1F. The Morgan fingerprint density at radius 3 is 2.52 bits per heavy atom. The molecule has 0 spiro atoms. The van der Waals surface area contributed by atoms with Crippen LogP contribution in [0.2, 0.25) is 0 Å². The first kappa shape index (κ1) is 15.4. The van der Waals surface area contributed by atoms with Gasteiger partial charge in [-0.25, -0.2) is 13.6 Å². The number of carboxylic acids is 1. The van der Waals surface area contributed by atoms with Gasteiger partial charge in [-0.05, 0) is 37.8 Å². The zero-order valence-corrected chi connectivity index (χ0v) is 11.5. The number of benzene rings is 1. The van der Waals surface area contributed by atoms with Crippen molar-refractivity contribution in [2.75, 3.05) is 6.54 Å². The number of carbonyl (C=O) groups is 2. The second-order valence-corrected chi connectivity index (χ2v) is 5.14. The number of amides is 1. The highest BCUT2D eigenvalue weighted by molar-refractivity contribution is 5.84. The molecule has 1 fully saturated rings. The van der Waals surface area contributed by atoms with Crippen molar-refractivity contribution in [3.05, 3.63) is 35.4 Å². The van der Waals surface area contributed by atoms with Crippen LogP contribution in [0.3, 0.4) is 0 Å². The summed E-state index contributed by atoms with van der Waals surface area (Å²) < 4.78 is 27.0. The average Bonchev–Trinajstić information content (AvgIpc) is 2.46. The molecule has 6 heteroatoms. The number of likely N-dealkylation sites (tertiary alicyclic amines) is 1. The molecular formula is C15H17F2NO3. The lowest BCUT2D eigenvalue weighted by molar-refractivity contribution is -0.152. The third-order valence-electron chi connectivity index (χ3n) is 3.76. The summed E-state index contributed by atoms with van der Waals surface area (Å²) in [7, 11) is 0. The molecule has 1 amide bonds. The summed E-state index contributed by atoms with van der Waals surface area (Å²) >= 11 is 0. The minimum atomic E-state index is -1.03. The number of carboxylic acid groups (broad SMARTS) is 1. The number of hydrogen-bond donors (Lipinski definition) is 1. The van der Waals surface area contributed by atoms with E-state index < -0.39 is 23.6 Å². The Morgan fingerprint density at radius 2 is 1.90 bits per heavy atom. The van der Waals surface area contributed by atoms with E-state index in [1.54, 1.807) is 0 Å². The van der Waals surface area contributed by atoms with E-state index in [1.165, 1.54) is 11.0 Å². The van der Waals surface area contributed by atoms with Crippen molar-refractivity contribution in [3.8, 4) is 0 Å². The van der Waals surface area contributed by atoms with Crippen LogP contribution in [-0.4, -0.2) is 34.5 Å². The van der Waals surface area contributed by atoms with Crippen LogP contribution in [0.1, 0.15) is 31.2 Å². The second-order valence-electron chi connectivity index (χ2n) is 5.14. The molecule has 0 aliphatic carbocycles. The number of carbonyl (C=O) groups excluding carboxylic acids is 1. The summed E-state index contributed by atoms with van der Waals surface area (Å²) in [4.78, 5) is 24.6. The van der Waals surface area contributed by atoms with E-state index in [0.717, 1.165) is 25.0 Å². The molecular weight excluding hydrogens is 280 g/mol. The maximum Gasteiger partial charge on any atom is 0.326 e. The van der Waals surface area contributed by atoms with Crippen LogP contribution in [0.4, 0.5) is 8.78 Å². The summed E-state index contributed by atoms with van der Waals surface area (Å²) in [6.45, 7) is 0.384. The first-order valence-corrected chi connectivity index (χ1v) is 6.96. The molecule has 1 aliphatic heterocycles. The van der Waals surface area contributed by atoms with E-state index in [-0.39, 0.29) is 24.3 Å². The van der Waals surface area contributed by atoms with Crippen molar-refractivity contribution in [2.45, 2.75) is 38.1 Å². The van der Waals surface area contributed by atoms with E-state index >= 15 is 0 Å². The molecule has 0 unspecified atom stereocenters. The molecule has 114 valence electrons. The third kappa shape index (κ3) is 3.56. The van der Waals surface area contributed by atoms with Crippen LogP contribution < -0.4 is 0 Å². The average molecular weight is 297 g/mol. The molecule has 0 bridgehead atoms. The van der Waals surface area contributed by atoms with Crippen LogP contribution in [0, 0.1) is 11.6 Å². The number of aliphatic carboxylic acids is 1. The van der Waals surface area contributed by atoms with E-state index in [0.29, 0.717) is 13.0 Å². The minimum Gasteiger partial charge on any atom is -0.480 e. The molecule has 1 aliphatic rings. The predicted molar refractivity (Wildman–Crippen MR) is 71.7 cm³/mol. The van der Waals surface area contributed by atoms with Crippen molar-refractivity contribution < 1.29 is 23.5 Å². The molecule has 21 heavy (non-hydrogen) atoms. The third-order valence-corrected chi connectivity index (χ3v) is 3.76. The van der Waals surface area contributed by atoms with Crippen LogP contribution in [-0.2, 0) is 16.0 Å². The Bertz CT molecular complexity index is 527. The minimum absolute atomic E-state index is 0.0693. The number of piperidine rings is 1. The summed E-state index contributed by atoms with van der Waals surface area (Å²) in [6.07, 6.45) is 1.78. The smallest absolute Gasteiger partial charge is 0.326 e. The van der Waals surface area contributed by atoms with Gasteiger partial charge in [-0.1, -0.05) is 6.07 Å². The van der Waals surface area contributed by atoms with Gasteiger partial charge in [0, 0.05) is 18.5 Å². The van der Waals surface area contributed by atoms with Crippen molar-refractivity contribution in [1.82, 2.24) is 4.90 Å². The number of rotatable bonds is 4. The number of nitrogens with zero attached hydrogens (tertiary/aromatic N) is 1. The van der Waals surface area contributed by atoms with Gasteiger partial charge in [-0.2, -0.15) is 0 Å². The lowest BCUT2D eigenvalue weighted by atomic mass is 10.0. The second kappa shape index (κ2) is 6.65. The van der Waals surface area contributed by atoms with Gasteiger partial charge in [0.05, 0.1) is 0 Å². The van der Waals surface area contributed by atoms with Crippen LogP contribution >= 0.6 is 0 Å². The van der Waals surface area contributed by atoms with Crippen molar-refractivity contribution in [3.63, 3.8) is 0 Å². The predicted octanol–water partition coefficient (Wildman–Crippen LogP) is 2.36. The Hall–Kier alpha value is -1.98. The standard InChI is InChI=1S/C15H17F2NO3/c16-11-4-3-5-12(17)10(11)7-8-14(19)18-9-2-1-6-13(18)15(20)21/h3-5,13H,1-2,6-9H2,(H,20,21)/t13-/m0/s1. The lowest BCUT2D eigenvalue weighted by Crippen LogP contribution is -2.48. The van der Waals surface area contributed by atoms with E-state index in [9.17, 15) is 18.4 Å². The quantitative estimate of drug-likeness (QED) is 0.928. The van der Waals surface area contributed by atoms with Crippen molar-refractivity contribution in [1.29, 1.82) is 0 Å². The van der Waals surface area contributed by atoms with Crippen LogP contribution in [0.25, 0.3) is 0 Å². The highest BCUT2D eigenvalue weighted by Gasteiger charge is 2.31. The molecule has 2 rings (SSSR count). The number of hydrogen-bond acceptors (Lipinski definition) is 2.